The van der Waals surface area contributed by atoms with Crippen LogP contribution < -0.4 is 5.32 Å². The van der Waals surface area contributed by atoms with Gasteiger partial charge in [-0.15, -0.1) is 0 Å². The molecule has 0 aromatic heterocycles. The summed E-state index contributed by atoms with van der Waals surface area (Å²) in [7, 11) is 0. The molecule has 4 heteroatoms. The van der Waals surface area contributed by atoms with Crippen molar-refractivity contribution in [2.45, 2.75) is 45.4 Å². The van der Waals surface area contributed by atoms with Crippen LogP contribution in [0.4, 0.5) is 0 Å². The molecule has 0 aliphatic carbocycles. The van der Waals surface area contributed by atoms with E-state index in [1.54, 1.807) is 19.9 Å². The molecule has 0 radical (unpaired) electrons. The van der Waals surface area contributed by atoms with Crippen LogP contribution in [-0.2, 0) is 6.54 Å². The monoisotopic (exact) mass is 275 g/mol. The zero-order valence-corrected chi connectivity index (χ0v) is 12.2. The second-order valence-corrected chi connectivity index (χ2v) is 6.10. The summed E-state index contributed by atoms with van der Waals surface area (Å²) in [5.41, 5.74) is -0.153. The van der Waals surface area contributed by atoms with Crippen molar-refractivity contribution in [3.05, 3.63) is 33.8 Å². The lowest BCUT2D eigenvalue weighted by molar-refractivity contribution is -0.00531. The molecule has 2 N–H and O–H groups in total. The van der Waals surface area contributed by atoms with E-state index >= 15 is 0 Å². The second-order valence-electron chi connectivity index (χ2n) is 5.29. The predicted octanol–water partition coefficient (Wildman–Crippen LogP) is 3.63. The van der Waals surface area contributed by atoms with Crippen LogP contribution in [0.5, 0.6) is 0 Å². The average Bonchev–Trinajstić information content (AvgIpc) is 2.18. The summed E-state index contributed by atoms with van der Waals surface area (Å²) in [5.74, 6) is 0. The highest BCUT2D eigenvalue weighted by molar-refractivity contribution is 6.42. The van der Waals surface area contributed by atoms with Gasteiger partial charge in [-0.05, 0) is 45.4 Å². The van der Waals surface area contributed by atoms with E-state index in [9.17, 15) is 5.11 Å². The molecular weight excluding hydrogens is 257 g/mol. The lowest BCUT2D eigenvalue weighted by atomic mass is 9.86. The number of benzene rings is 1. The van der Waals surface area contributed by atoms with Crippen molar-refractivity contribution in [3.63, 3.8) is 0 Å². The third-order valence-corrected chi connectivity index (χ3v) is 3.99. The summed E-state index contributed by atoms with van der Waals surface area (Å²) in [6.07, 6.45) is 0. The molecule has 1 aromatic carbocycles. The number of hydrogen-bond donors (Lipinski definition) is 2. The van der Waals surface area contributed by atoms with Gasteiger partial charge in [0.2, 0.25) is 0 Å². The Bertz CT molecular complexity index is 397. The predicted molar refractivity (Wildman–Crippen MR) is 73.7 cm³/mol. The molecule has 1 rings (SSSR count). The minimum absolute atomic E-state index is 0.390. The molecule has 96 valence electrons. The van der Waals surface area contributed by atoms with Crippen molar-refractivity contribution in [2.75, 3.05) is 0 Å². The Morgan fingerprint density at radius 1 is 1.12 bits per heavy atom. The average molecular weight is 276 g/mol. The summed E-state index contributed by atoms with van der Waals surface area (Å²) < 4.78 is 0. The van der Waals surface area contributed by atoms with Gasteiger partial charge >= 0.3 is 0 Å². The first-order valence-corrected chi connectivity index (χ1v) is 6.30. The van der Waals surface area contributed by atoms with Crippen molar-refractivity contribution < 1.29 is 5.11 Å². The first kappa shape index (κ1) is 14.8. The van der Waals surface area contributed by atoms with Crippen molar-refractivity contribution >= 4 is 23.2 Å². The maximum absolute atomic E-state index is 10.0. The van der Waals surface area contributed by atoms with Crippen molar-refractivity contribution in [3.8, 4) is 0 Å². The standard InChI is InChI=1S/C13H19Cl2NO/c1-12(2,13(3,4)17)16-8-9-5-6-10(14)11(15)7-9/h5-7,16-17H,8H2,1-4H3. The van der Waals surface area contributed by atoms with Crippen LogP contribution in [-0.4, -0.2) is 16.2 Å². The van der Waals surface area contributed by atoms with Gasteiger partial charge in [-0.2, -0.15) is 0 Å². The topological polar surface area (TPSA) is 32.3 Å². The molecule has 0 saturated heterocycles. The van der Waals surface area contributed by atoms with Gasteiger partial charge in [0.1, 0.15) is 0 Å². The first-order valence-electron chi connectivity index (χ1n) is 5.55. The molecule has 0 aliphatic heterocycles. The maximum atomic E-state index is 10.0. The molecule has 0 heterocycles. The zero-order valence-electron chi connectivity index (χ0n) is 10.6. The van der Waals surface area contributed by atoms with Crippen LogP contribution in [0.1, 0.15) is 33.3 Å². The Morgan fingerprint density at radius 2 is 1.71 bits per heavy atom. The lowest BCUT2D eigenvalue weighted by Gasteiger charge is -2.38. The van der Waals surface area contributed by atoms with E-state index in [-0.39, 0.29) is 5.54 Å². The molecular formula is C13H19Cl2NO. The van der Waals surface area contributed by atoms with Gasteiger partial charge in [-0.3, -0.25) is 0 Å². The normalized spacial score (nSPS) is 12.9. The number of aliphatic hydroxyl groups is 1. The van der Waals surface area contributed by atoms with Crippen molar-refractivity contribution in [2.24, 2.45) is 0 Å². The van der Waals surface area contributed by atoms with E-state index < -0.39 is 5.60 Å². The molecule has 0 unspecified atom stereocenters. The fourth-order valence-corrected chi connectivity index (χ4v) is 1.51. The molecule has 0 spiro atoms. The van der Waals surface area contributed by atoms with E-state index in [0.717, 1.165) is 5.56 Å². The summed E-state index contributed by atoms with van der Waals surface area (Å²) in [4.78, 5) is 0. The zero-order chi connectivity index (χ0) is 13.3. The van der Waals surface area contributed by atoms with E-state index in [2.05, 4.69) is 5.32 Å². The molecule has 2 nitrogen and oxygen atoms in total. The first-order chi connectivity index (χ1) is 7.63. The van der Waals surface area contributed by atoms with Gasteiger partial charge in [-0.25, -0.2) is 0 Å². The van der Waals surface area contributed by atoms with Crippen LogP contribution in [0.3, 0.4) is 0 Å². The Balaban J connectivity index is 2.71. The van der Waals surface area contributed by atoms with Crippen molar-refractivity contribution in [1.29, 1.82) is 0 Å². The van der Waals surface area contributed by atoms with Gasteiger partial charge in [0.25, 0.3) is 0 Å². The van der Waals surface area contributed by atoms with E-state index in [1.807, 2.05) is 26.0 Å². The fraction of sp³-hybridized carbons (Fsp3) is 0.538. The van der Waals surface area contributed by atoms with Crippen LogP contribution in [0.2, 0.25) is 10.0 Å². The maximum Gasteiger partial charge on any atom is 0.0767 e. The van der Waals surface area contributed by atoms with Crippen LogP contribution in [0, 0.1) is 0 Å². The number of hydrogen-bond acceptors (Lipinski definition) is 2. The molecule has 0 aliphatic rings. The minimum Gasteiger partial charge on any atom is -0.389 e. The Morgan fingerprint density at radius 3 is 2.18 bits per heavy atom. The van der Waals surface area contributed by atoms with Crippen LogP contribution >= 0.6 is 23.2 Å². The highest BCUT2D eigenvalue weighted by Gasteiger charge is 2.34. The Kier molecular flexibility index (Phi) is 4.48. The molecule has 1 aromatic rings. The third-order valence-electron chi connectivity index (χ3n) is 3.25. The van der Waals surface area contributed by atoms with E-state index in [0.29, 0.717) is 16.6 Å². The summed E-state index contributed by atoms with van der Waals surface area (Å²) in [5, 5.41) is 14.4. The van der Waals surface area contributed by atoms with Crippen molar-refractivity contribution in [1.82, 2.24) is 5.32 Å². The smallest absolute Gasteiger partial charge is 0.0767 e. The number of nitrogens with one attached hydrogen (secondary N) is 1. The molecule has 0 fully saturated rings. The SMILES string of the molecule is CC(C)(O)C(C)(C)NCc1ccc(Cl)c(Cl)c1. The summed E-state index contributed by atoms with van der Waals surface area (Å²) in [6.45, 7) is 8.13. The highest BCUT2D eigenvalue weighted by atomic mass is 35.5. The van der Waals surface area contributed by atoms with E-state index in [4.69, 9.17) is 23.2 Å². The molecule has 0 saturated carbocycles. The van der Waals surface area contributed by atoms with Gasteiger partial charge in [0.05, 0.1) is 15.6 Å². The van der Waals surface area contributed by atoms with Crippen LogP contribution in [0.15, 0.2) is 18.2 Å². The summed E-state index contributed by atoms with van der Waals surface area (Å²) in [6, 6.07) is 5.52. The largest absolute Gasteiger partial charge is 0.389 e. The number of rotatable bonds is 4. The Hall–Kier alpha value is -0.280. The molecule has 0 amide bonds. The van der Waals surface area contributed by atoms with Crippen LogP contribution in [0.25, 0.3) is 0 Å². The lowest BCUT2D eigenvalue weighted by Crippen LogP contribution is -2.55. The third kappa shape index (κ3) is 3.85. The van der Waals surface area contributed by atoms with Gasteiger partial charge in [0.15, 0.2) is 0 Å². The quantitative estimate of drug-likeness (QED) is 0.880. The fourth-order valence-electron chi connectivity index (χ4n) is 1.19. The summed E-state index contributed by atoms with van der Waals surface area (Å²) >= 11 is 11.8. The van der Waals surface area contributed by atoms with E-state index in [1.165, 1.54) is 0 Å². The number of halogens is 2. The molecule has 17 heavy (non-hydrogen) atoms. The van der Waals surface area contributed by atoms with Gasteiger partial charge in [0, 0.05) is 12.1 Å². The van der Waals surface area contributed by atoms with Gasteiger partial charge < -0.3 is 10.4 Å². The molecule has 0 bridgehead atoms. The highest BCUT2D eigenvalue weighted by Crippen LogP contribution is 2.24. The minimum atomic E-state index is -0.802. The van der Waals surface area contributed by atoms with Gasteiger partial charge in [-0.1, -0.05) is 29.3 Å². The Labute approximate surface area is 113 Å². The second kappa shape index (κ2) is 5.15. The molecule has 0 atom stereocenters.